The van der Waals surface area contributed by atoms with Crippen molar-refractivity contribution in [1.82, 2.24) is 16.2 Å². The van der Waals surface area contributed by atoms with Crippen molar-refractivity contribution >= 4 is 11.7 Å². The maximum atomic E-state index is 12.9. The molecule has 6 nitrogen and oxygen atoms in total. The van der Waals surface area contributed by atoms with Crippen LogP contribution in [0.3, 0.4) is 0 Å². The average Bonchev–Trinajstić information content (AvgIpc) is 2.86. The van der Waals surface area contributed by atoms with E-state index in [1.165, 1.54) is 5.56 Å². The molecule has 0 bridgehead atoms. The zero-order valence-corrected chi connectivity index (χ0v) is 20.3. The van der Waals surface area contributed by atoms with Crippen LogP contribution in [0.2, 0.25) is 0 Å². The SMILES string of the molecule is CC.CNNC(CC1CCC(CNC(=O)c2ccccc2C)(c2ccccc2)CC1)=NC#N. The van der Waals surface area contributed by atoms with Crippen molar-refractivity contribution in [2.45, 2.75) is 58.3 Å². The molecule has 2 aromatic carbocycles. The van der Waals surface area contributed by atoms with E-state index in [2.05, 4.69) is 45.4 Å². The zero-order valence-electron chi connectivity index (χ0n) is 20.3. The lowest BCUT2D eigenvalue weighted by atomic mass is 9.66. The minimum absolute atomic E-state index is 0.0165. The first-order valence-electron chi connectivity index (χ1n) is 11.9. The van der Waals surface area contributed by atoms with Crippen LogP contribution in [-0.2, 0) is 5.41 Å². The smallest absolute Gasteiger partial charge is 0.251 e. The highest BCUT2D eigenvalue weighted by atomic mass is 16.1. The largest absolute Gasteiger partial charge is 0.351 e. The molecular weight excluding hydrogens is 410 g/mol. The molecule has 0 unspecified atom stereocenters. The van der Waals surface area contributed by atoms with Gasteiger partial charge in [0, 0.05) is 31.0 Å². The van der Waals surface area contributed by atoms with E-state index in [9.17, 15) is 4.79 Å². The second-order valence-corrected chi connectivity index (χ2v) is 8.32. The molecule has 33 heavy (non-hydrogen) atoms. The number of aliphatic imine (C=N–C) groups is 1. The number of carbonyl (C=O) groups is 1. The predicted octanol–water partition coefficient (Wildman–Crippen LogP) is 4.87. The van der Waals surface area contributed by atoms with Gasteiger partial charge in [-0.15, -0.1) is 0 Å². The molecule has 1 aliphatic rings. The van der Waals surface area contributed by atoms with Crippen molar-refractivity contribution < 1.29 is 4.79 Å². The number of benzene rings is 2. The molecule has 0 aliphatic heterocycles. The predicted molar refractivity (Wildman–Crippen MR) is 135 cm³/mol. The van der Waals surface area contributed by atoms with Crippen molar-refractivity contribution in [3.05, 3.63) is 71.3 Å². The Morgan fingerprint density at radius 1 is 1.09 bits per heavy atom. The molecule has 0 atom stereocenters. The molecule has 6 heteroatoms. The highest BCUT2D eigenvalue weighted by Crippen LogP contribution is 2.42. The van der Waals surface area contributed by atoms with Gasteiger partial charge in [-0.05, 0) is 55.7 Å². The fraction of sp³-hybridized carbons (Fsp3) is 0.444. The Kier molecular flexibility index (Phi) is 10.6. The first-order valence-corrected chi connectivity index (χ1v) is 11.9. The lowest BCUT2D eigenvalue weighted by Gasteiger charge is -2.41. The van der Waals surface area contributed by atoms with E-state index in [4.69, 9.17) is 5.26 Å². The normalized spacial score (nSPS) is 20.1. The Labute approximate surface area is 198 Å². The summed E-state index contributed by atoms with van der Waals surface area (Å²) in [5, 5.41) is 12.1. The number of rotatable bonds is 7. The quantitative estimate of drug-likeness (QED) is 0.244. The number of carbonyl (C=O) groups excluding carboxylic acids is 1. The summed E-state index contributed by atoms with van der Waals surface area (Å²) < 4.78 is 0. The van der Waals surface area contributed by atoms with Gasteiger partial charge in [-0.25, -0.2) is 5.43 Å². The molecule has 3 N–H and O–H groups in total. The fourth-order valence-electron chi connectivity index (χ4n) is 4.57. The monoisotopic (exact) mass is 447 g/mol. The van der Waals surface area contributed by atoms with Gasteiger partial charge in [0.25, 0.3) is 5.91 Å². The van der Waals surface area contributed by atoms with E-state index in [1.807, 2.05) is 57.3 Å². The number of amidine groups is 1. The van der Waals surface area contributed by atoms with Crippen molar-refractivity contribution in [2.24, 2.45) is 10.9 Å². The second kappa shape index (κ2) is 13.4. The molecule has 1 saturated carbocycles. The fourth-order valence-corrected chi connectivity index (χ4v) is 4.57. The summed E-state index contributed by atoms with van der Waals surface area (Å²) in [4.78, 5) is 16.8. The minimum Gasteiger partial charge on any atom is -0.351 e. The van der Waals surface area contributed by atoms with Crippen molar-refractivity contribution in [3.63, 3.8) is 0 Å². The van der Waals surface area contributed by atoms with E-state index in [1.54, 1.807) is 7.05 Å². The van der Waals surface area contributed by atoms with E-state index >= 15 is 0 Å². The summed E-state index contributed by atoms with van der Waals surface area (Å²) in [5.74, 6) is 1.11. The summed E-state index contributed by atoms with van der Waals surface area (Å²) in [7, 11) is 1.77. The second-order valence-electron chi connectivity index (χ2n) is 8.32. The van der Waals surface area contributed by atoms with E-state index in [0.29, 0.717) is 18.3 Å². The Bertz CT molecular complexity index is 940. The Balaban J connectivity index is 0.00000187. The summed E-state index contributed by atoms with van der Waals surface area (Å²) >= 11 is 0. The number of nitrogens with zero attached hydrogens (tertiary/aromatic N) is 2. The third-order valence-electron chi connectivity index (χ3n) is 6.36. The molecule has 0 radical (unpaired) electrons. The van der Waals surface area contributed by atoms with Crippen molar-refractivity contribution in [3.8, 4) is 6.19 Å². The first kappa shape index (κ1) is 26.1. The Morgan fingerprint density at radius 3 is 2.33 bits per heavy atom. The third kappa shape index (κ3) is 7.16. The van der Waals surface area contributed by atoms with Crippen LogP contribution in [-0.4, -0.2) is 25.3 Å². The van der Waals surface area contributed by atoms with Gasteiger partial charge in [0.15, 0.2) is 0 Å². The molecule has 1 fully saturated rings. The van der Waals surface area contributed by atoms with E-state index in [-0.39, 0.29) is 11.3 Å². The van der Waals surface area contributed by atoms with Crippen LogP contribution in [0.5, 0.6) is 0 Å². The maximum Gasteiger partial charge on any atom is 0.251 e. The highest BCUT2D eigenvalue weighted by Gasteiger charge is 2.37. The molecule has 1 aliphatic carbocycles. The van der Waals surface area contributed by atoms with Crippen LogP contribution in [0.15, 0.2) is 59.6 Å². The maximum absolute atomic E-state index is 12.9. The van der Waals surface area contributed by atoms with Crippen molar-refractivity contribution in [2.75, 3.05) is 13.6 Å². The molecule has 3 rings (SSSR count). The average molecular weight is 448 g/mol. The van der Waals surface area contributed by atoms with Gasteiger partial charge in [-0.1, -0.05) is 62.4 Å². The summed E-state index contributed by atoms with van der Waals surface area (Å²) in [6.45, 7) is 6.58. The Morgan fingerprint density at radius 2 is 1.73 bits per heavy atom. The number of aryl methyl sites for hydroxylation is 1. The number of hydrogen-bond acceptors (Lipinski definition) is 4. The number of hydrogen-bond donors (Lipinski definition) is 3. The molecule has 176 valence electrons. The molecule has 0 heterocycles. The van der Waals surface area contributed by atoms with Gasteiger partial charge in [0.1, 0.15) is 5.84 Å². The van der Waals surface area contributed by atoms with Crippen LogP contribution >= 0.6 is 0 Å². The van der Waals surface area contributed by atoms with Crippen LogP contribution in [0.4, 0.5) is 0 Å². The number of hydrazine groups is 1. The van der Waals surface area contributed by atoms with Gasteiger partial charge >= 0.3 is 0 Å². The summed E-state index contributed by atoms with van der Waals surface area (Å²) in [6, 6.07) is 18.2. The van der Waals surface area contributed by atoms with Crippen LogP contribution in [0, 0.1) is 24.3 Å². The van der Waals surface area contributed by atoms with Crippen LogP contribution in [0.1, 0.15) is 67.4 Å². The van der Waals surface area contributed by atoms with Gasteiger partial charge in [-0.2, -0.15) is 10.3 Å². The summed E-state index contributed by atoms with van der Waals surface area (Å²) in [6.07, 6.45) is 6.62. The van der Waals surface area contributed by atoms with Gasteiger partial charge in [-0.3, -0.25) is 4.79 Å². The van der Waals surface area contributed by atoms with Gasteiger partial charge < -0.3 is 10.7 Å². The number of nitrogens with one attached hydrogen (secondary N) is 3. The molecule has 0 saturated heterocycles. The molecule has 2 aromatic rings. The zero-order chi connectivity index (χ0) is 24.1. The topological polar surface area (TPSA) is 89.3 Å². The molecular formula is C27H37N5O. The standard InChI is InChI=1S/C25H31N5O.C2H6/c1-19-8-6-7-11-22(19)24(31)28-17-25(21-9-4-3-5-10-21)14-12-20(13-15-25)16-23(29-18-26)30-27-2;1-2/h3-11,20,27H,12-17H2,1-2H3,(H,28,31)(H,29,30);1-2H3. The minimum atomic E-state index is -0.0843. The van der Waals surface area contributed by atoms with Gasteiger partial charge in [0.05, 0.1) is 0 Å². The number of nitriles is 1. The van der Waals surface area contributed by atoms with E-state index < -0.39 is 0 Å². The molecule has 1 amide bonds. The van der Waals surface area contributed by atoms with Crippen LogP contribution in [0.25, 0.3) is 0 Å². The number of amides is 1. The first-order chi connectivity index (χ1) is 16.1. The van der Waals surface area contributed by atoms with Gasteiger partial charge in [0.2, 0.25) is 6.19 Å². The molecule has 0 aromatic heterocycles. The molecule has 0 spiro atoms. The van der Waals surface area contributed by atoms with Crippen LogP contribution < -0.4 is 16.2 Å². The van der Waals surface area contributed by atoms with E-state index in [0.717, 1.165) is 43.2 Å². The third-order valence-corrected chi connectivity index (χ3v) is 6.36. The Hall–Kier alpha value is -3.17. The lowest BCUT2D eigenvalue weighted by Crippen LogP contribution is -2.44. The van der Waals surface area contributed by atoms with Crippen molar-refractivity contribution in [1.29, 1.82) is 5.26 Å². The summed E-state index contributed by atoms with van der Waals surface area (Å²) in [5.41, 5.74) is 8.73. The highest BCUT2D eigenvalue weighted by molar-refractivity contribution is 5.95. The lowest BCUT2D eigenvalue weighted by molar-refractivity contribution is 0.0932.